The van der Waals surface area contributed by atoms with E-state index in [2.05, 4.69) is 20.8 Å². The summed E-state index contributed by atoms with van der Waals surface area (Å²) in [6.07, 6.45) is 0. The number of aromatic nitrogens is 2. The van der Waals surface area contributed by atoms with Gasteiger partial charge in [-0.2, -0.15) is 0 Å². The largest absolute Gasteiger partial charge is 0.330 e. The molecule has 0 saturated carbocycles. The molecule has 0 aliphatic heterocycles. The van der Waals surface area contributed by atoms with E-state index in [0.717, 1.165) is 10.0 Å². The second-order valence-electron chi connectivity index (χ2n) is 5.62. The summed E-state index contributed by atoms with van der Waals surface area (Å²) < 4.78 is 0.735. The number of rotatable bonds is 6. The Morgan fingerprint density at radius 1 is 1.08 bits per heavy atom. The van der Waals surface area contributed by atoms with E-state index in [0.29, 0.717) is 15.8 Å². The Bertz CT molecular complexity index is 881. The van der Waals surface area contributed by atoms with Gasteiger partial charge in [-0.25, -0.2) is 0 Å². The molecule has 1 atom stereocenters. The van der Waals surface area contributed by atoms with E-state index in [1.54, 1.807) is 24.3 Å². The third kappa shape index (κ3) is 5.20. The van der Waals surface area contributed by atoms with Crippen molar-refractivity contribution in [3.8, 4) is 0 Å². The molecule has 26 heavy (non-hydrogen) atoms. The number of halogens is 1. The average molecular weight is 405 g/mol. The van der Waals surface area contributed by atoms with Gasteiger partial charge in [0.05, 0.1) is 5.25 Å². The van der Waals surface area contributed by atoms with Crippen molar-refractivity contribution in [2.45, 2.75) is 23.4 Å². The summed E-state index contributed by atoms with van der Waals surface area (Å²) in [5.41, 5.74) is 2.87. The Morgan fingerprint density at radius 3 is 2.42 bits per heavy atom. The van der Waals surface area contributed by atoms with E-state index in [1.165, 1.54) is 28.7 Å². The maximum Gasteiger partial charge on any atom is 0.237 e. The first-order valence-electron chi connectivity index (χ1n) is 7.90. The zero-order chi connectivity index (χ0) is 18.5. The molecule has 2 aromatic carbocycles. The van der Waals surface area contributed by atoms with Crippen LogP contribution in [-0.4, -0.2) is 21.4 Å². The van der Waals surface area contributed by atoms with Gasteiger partial charge in [-0.3, -0.25) is 4.79 Å². The van der Waals surface area contributed by atoms with Crippen molar-refractivity contribution in [2.75, 3.05) is 10.6 Å². The van der Waals surface area contributed by atoms with Crippen LogP contribution in [-0.2, 0) is 4.79 Å². The predicted octanol–water partition coefficient (Wildman–Crippen LogP) is 5.36. The number of carbonyl (C=O) groups excluding carboxylic acids is 1. The minimum absolute atomic E-state index is 0.0967. The minimum atomic E-state index is -0.300. The minimum Gasteiger partial charge on any atom is -0.330 e. The third-order valence-electron chi connectivity index (χ3n) is 3.47. The number of aryl methyl sites for hydroxylation is 1. The number of thioether (sulfide) groups is 1. The van der Waals surface area contributed by atoms with Gasteiger partial charge >= 0.3 is 0 Å². The Morgan fingerprint density at radius 2 is 1.73 bits per heavy atom. The molecule has 2 N–H and O–H groups in total. The lowest BCUT2D eigenvalue weighted by molar-refractivity contribution is -0.115. The quantitative estimate of drug-likeness (QED) is 0.541. The SMILES string of the molecule is Cc1ccc(Nc2nnc(S[C@H](C)C(=O)Nc3ccc(Cl)cc3)s2)cc1. The Hall–Kier alpha value is -2.09. The van der Waals surface area contributed by atoms with Crippen LogP contribution in [0.1, 0.15) is 12.5 Å². The molecule has 1 heterocycles. The fourth-order valence-corrected chi connectivity index (χ4v) is 4.09. The van der Waals surface area contributed by atoms with E-state index in [4.69, 9.17) is 11.6 Å². The van der Waals surface area contributed by atoms with Crippen molar-refractivity contribution in [3.63, 3.8) is 0 Å². The predicted molar refractivity (Wildman–Crippen MR) is 110 cm³/mol. The Labute approximate surface area is 165 Å². The van der Waals surface area contributed by atoms with E-state index in [-0.39, 0.29) is 11.2 Å². The number of hydrogen-bond donors (Lipinski definition) is 2. The fraction of sp³-hybridized carbons (Fsp3) is 0.167. The van der Waals surface area contributed by atoms with Gasteiger partial charge in [0.2, 0.25) is 11.0 Å². The van der Waals surface area contributed by atoms with Crippen molar-refractivity contribution in [1.29, 1.82) is 0 Å². The van der Waals surface area contributed by atoms with Crippen molar-refractivity contribution in [1.82, 2.24) is 10.2 Å². The van der Waals surface area contributed by atoms with Gasteiger partial charge in [0, 0.05) is 16.4 Å². The molecule has 0 bridgehead atoms. The monoisotopic (exact) mass is 404 g/mol. The van der Waals surface area contributed by atoms with E-state index in [1.807, 2.05) is 38.1 Å². The molecule has 1 amide bonds. The lowest BCUT2D eigenvalue weighted by Crippen LogP contribution is -2.22. The van der Waals surface area contributed by atoms with Gasteiger partial charge in [-0.1, -0.05) is 52.4 Å². The first kappa shape index (κ1) is 18.7. The molecule has 3 aromatic rings. The molecule has 0 aliphatic rings. The van der Waals surface area contributed by atoms with Crippen molar-refractivity contribution in [2.24, 2.45) is 0 Å². The van der Waals surface area contributed by atoms with Crippen LogP contribution < -0.4 is 10.6 Å². The summed E-state index contributed by atoms with van der Waals surface area (Å²) in [6.45, 7) is 3.88. The van der Waals surface area contributed by atoms with Crippen LogP contribution in [0.25, 0.3) is 0 Å². The normalized spacial score (nSPS) is 11.8. The summed E-state index contributed by atoms with van der Waals surface area (Å²) in [6, 6.07) is 15.1. The fourth-order valence-electron chi connectivity index (χ4n) is 2.05. The van der Waals surface area contributed by atoms with Gasteiger partial charge < -0.3 is 10.6 Å². The average Bonchev–Trinajstić information content (AvgIpc) is 3.06. The molecule has 0 aliphatic carbocycles. The van der Waals surface area contributed by atoms with Crippen molar-refractivity contribution >= 4 is 57.1 Å². The second-order valence-corrected chi connectivity index (χ2v) is 8.62. The van der Waals surface area contributed by atoms with E-state index < -0.39 is 0 Å². The highest BCUT2D eigenvalue weighted by Gasteiger charge is 2.17. The molecule has 134 valence electrons. The van der Waals surface area contributed by atoms with Gasteiger partial charge in [-0.15, -0.1) is 10.2 Å². The van der Waals surface area contributed by atoms with Crippen LogP contribution in [0.5, 0.6) is 0 Å². The maximum atomic E-state index is 12.3. The third-order valence-corrected chi connectivity index (χ3v) is 5.74. The summed E-state index contributed by atoms with van der Waals surface area (Å²) in [7, 11) is 0. The summed E-state index contributed by atoms with van der Waals surface area (Å²) in [4.78, 5) is 12.3. The van der Waals surface area contributed by atoms with E-state index in [9.17, 15) is 4.79 Å². The molecule has 0 spiro atoms. The van der Waals surface area contributed by atoms with Crippen LogP contribution in [0, 0.1) is 6.92 Å². The number of benzene rings is 2. The first-order chi connectivity index (χ1) is 12.5. The molecule has 3 rings (SSSR count). The highest BCUT2D eigenvalue weighted by atomic mass is 35.5. The van der Waals surface area contributed by atoms with Crippen LogP contribution >= 0.6 is 34.7 Å². The molecule has 1 aromatic heterocycles. The van der Waals surface area contributed by atoms with Crippen LogP contribution in [0.4, 0.5) is 16.5 Å². The summed E-state index contributed by atoms with van der Waals surface area (Å²) >= 11 is 8.64. The van der Waals surface area contributed by atoms with E-state index >= 15 is 0 Å². The summed E-state index contributed by atoms with van der Waals surface area (Å²) in [5, 5.41) is 15.4. The second kappa shape index (κ2) is 8.53. The Kier molecular flexibility index (Phi) is 6.13. The van der Waals surface area contributed by atoms with Crippen LogP contribution in [0.2, 0.25) is 5.02 Å². The molecule has 0 saturated heterocycles. The number of nitrogens with one attached hydrogen (secondary N) is 2. The molecular formula is C18H17ClN4OS2. The number of hydrogen-bond acceptors (Lipinski definition) is 6. The van der Waals surface area contributed by atoms with Gasteiger partial charge in [0.25, 0.3) is 0 Å². The zero-order valence-electron chi connectivity index (χ0n) is 14.2. The highest BCUT2D eigenvalue weighted by Crippen LogP contribution is 2.31. The molecule has 0 radical (unpaired) electrons. The number of nitrogens with zero attached hydrogens (tertiary/aromatic N) is 2. The molecule has 0 unspecified atom stereocenters. The first-order valence-corrected chi connectivity index (χ1v) is 9.97. The standard InChI is InChI=1S/C18H17ClN4OS2/c1-11-3-7-15(8-4-11)21-17-22-23-18(26-17)25-12(2)16(24)20-14-9-5-13(19)6-10-14/h3-10,12H,1-2H3,(H,20,24)(H,21,22)/t12-/m1/s1. The van der Waals surface area contributed by atoms with Crippen molar-refractivity contribution < 1.29 is 4.79 Å². The lowest BCUT2D eigenvalue weighted by atomic mass is 10.2. The smallest absolute Gasteiger partial charge is 0.237 e. The molecular weight excluding hydrogens is 388 g/mol. The maximum absolute atomic E-state index is 12.3. The van der Waals surface area contributed by atoms with Gasteiger partial charge in [-0.05, 0) is 50.2 Å². The number of amides is 1. The van der Waals surface area contributed by atoms with Gasteiger partial charge in [0.1, 0.15) is 0 Å². The number of anilines is 3. The molecule has 5 nitrogen and oxygen atoms in total. The lowest BCUT2D eigenvalue weighted by Gasteiger charge is -2.10. The van der Waals surface area contributed by atoms with Crippen LogP contribution in [0.15, 0.2) is 52.9 Å². The van der Waals surface area contributed by atoms with Crippen molar-refractivity contribution in [3.05, 3.63) is 59.1 Å². The summed E-state index contributed by atoms with van der Waals surface area (Å²) in [5.74, 6) is -0.0967. The van der Waals surface area contributed by atoms with Crippen LogP contribution in [0.3, 0.4) is 0 Å². The molecule has 8 heteroatoms. The zero-order valence-corrected chi connectivity index (χ0v) is 16.6. The number of carbonyl (C=O) groups is 1. The van der Waals surface area contributed by atoms with Gasteiger partial charge in [0.15, 0.2) is 4.34 Å². The Balaban J connectivity index is 1.56. The topological polar surface area (TPSA) is 66.9 Å². The molecule has 0 fully saturated rings. The highest BCUT2D eigenvalue weighted by molar-refractivity contribution is 8.02.